The smallest absolute Gasteiger partial charge is 1.00 e. The van der Waals surface area contributed by atoms with Gasteiger partial charge in [-0.05, 0) is 0 Å². The molecule has 0 nitrogen and oxygen atoms in total. The summed E-state index contributed by atoms with van der Waals surface area (Å²) in [6, 6.07) is 10.7. The van der Waals surface area contributed by atoms with Crippen molar-refractivity contribution in [3.05, 3.63) is 50.9 Å². The van der Waals surface area contributed by atoms with Crippen molar-refractivity contribution < 1.29 is 57.7 Å². The van der Waals surface area contributed by atoms with Gasteiger partial charge in [0, 0.05) is 0 Å². The van der Waals surface area contributed by atoms with E-state index in [2.05, 4.69) is 78.5 Å². The molecule has 0 fully saturated rings. The molecule has 0 atom stereocenters. The topological polar surface area (TPSA) is 0 Å². The van der Waals surface area contributed by atoms with Crippen molar-refractivity contribution in [3.8, 4) is 0 Å². The van der Waals surface area contributed by atoms with Crippen LogP contribution in [0.1, 0.15) is 33.3 Å². The minimum atomic E-state index is 0. The third kappa shape index (κ3) is 3.68. The van der Waals surface area contributed by atoms with Gasteiger partial charge in [-0.1, -0.05) is 0 Å². The number of halogens is 3. The van der Waals surface area contributed by atoms with E-state index in [4.69, 9.17) is 0 Å². The Bertz CT molecular complexity index is 487. The van der Waals surface area contributed by atoms with E-state index >= 15 is 0 Å². The Morgan fingerprint density at radius 3 is 1.74 bits per heavy atom. The van der Waals surface area contributed by atoms with E-state index < -0.39 is 0 Å². The van der Waals surface area contributed by atoms with Crippen molar-refractivity contribution in [1.29, 1.82) is 0 Å². The molecule has 2 rings (SSSR count). The van der Waals surface area contributed by atoms with Gasteiger partial charge in [-0.15, -0.1) is 0 Å². The molecule has 0 bridgehead atoms. The van der Waals surface area contributed by atoms with E-state index in [-0.39, 0.29) is 42.6 Å². The van der Waals surface area contributed by atoms with Crippen LogP contribution in [0.15, 0.2) is 45.4 Å². The van der Waals surface area contributed by atoms with Gasteiger partial charge in [0.05, 0.1) is 0 Å². The van der Waals surface area contributed by atoms with E-state index in [1.165, 1.54) is 26.2 Å². The van der Waals surface area contributed by atoms with Gasteiger partial charge in [0.15, 0.2) is 0 Å². The summed E-state index contributed by atoms with van der Waals surface area (Å²) in [6.45, 7) is 9.14. The summed E-state index contributed by atoms with van der Waals surface area (Å²) in [7, 11) is 0. The van der Waals surface area contributed by atoms with E-state index in [0.29, 0.717) is 0 Å². The molecule has 0 aromatic heterocycles. The molecule has 19 heavy (non-hydrogen) atoms. The van der Waals surface area contributed by atoms with Gasteiger partial charge in [-0.3, -0.25) is 0 Å². The maximum Gasteiger partial charge on any atom is -1.00 e. The number of hydrogen-bond acceptors (Lipinski definition) is 0. The Morgan fingerprint density at radius 2 is 1.37 bits per heavy atom. The first-order valence-electron chi connectivity index (χ1n) is 5.66. The number of allylic oxidation sites excluding steroid dienone is 4. The molecule has 1 aromatic rings. The Balaban J connectivity index is 0. The van der Waals surface area contributed by atoms with Crippen LogP contribution in [0.25, 0.3) is 5.57 Å². The van der Waals surface area contributed by atoms with Crippen LogP contribution in [0.4, 0.5) is 0 Å². The number of rotatable bonds is 1. The predicted molar refractivity (Wildman–Crippen MR) is 65.5 cm³/mol. The quantitative estimate of drug-likeness (QED) is 0.447. The SMILES string of the molecule is CC1=C(C)C(C)(C)[C]([Ti+3])=C1c1ccccc1.[Cl-].[Cl-].[Cl-]. The zero-order chi connectivity index (χ0) is 11.9. The Kier molecular flexibility index (Phi) is 8.98. The second-order valence-corrected chi connectivity index (χ2v) is 5.77. The summed E-state index contributed by atoms with van der Waals surface area (Å²) in [4.78, 5) is 0. The first kappa shape index (κ1) is 21.6. The molecule has 1 aliphatic carbocycles. The molecule has 0 heterocycles. The van der Waals surface area contributed by atoms with E-state index in [1.807, 2.05) is 0 Å². The van der Waals surface area contributed by atoms with E-state index in [0.717, 1.165) is 0 Å². The van der Waals surface area contributed by atoms with E-state index in [1.54, 1.807) is 0 Å². The van der Waals surface area contributed by atoms with Gasteiger partial charge < -0.3 is 37.2 Å². The fraction of sp³-hybridized carbons (Fsp3) is 0.333. The van der Waals surface area contributed by atoms with Crippen molar-refractivity contribution in [3.63, 3.8) is 0 Å². The van der Waals surface area contributed by atoms with Gasteiger partial charge in [-0.25, -0.2) is 0 Å². The molecular formula is C15H17Cl3Ti. The minimum absolute atomic E-state index is 0. The van der Waals surface area contributed by atoms with Crippen LogP contribution in [0, 0.1) is 5.41 Å². The number of benzene rings is 1. The third-order valence-corrected chi connectivity index (χ3v) is 5.18. The molecule has 0 unspecified atom stereocenters. The maximum absolute atomic E-state index is 2.32. The molecule has 0 N–H and O–H groups in total. The van der Waals surface area contributed by atoms with Gasteiger partial charge >= 0.3 is 110 Å². The second-order valence-electron chi connectivity index (χ2n) is 4.99. The summed E-state index contributed by atoms with van der Waals surface area (Å²) in [5.74, 6) is 0. The van der Waals surface area contributed by atoms with Crippen LogP contribution in [-0.2, 0) is 20.4 Å². The van der Waals surface area contributed by atoms with Crippen LogP contribution in [0.2, 0.25) is 0 Å². The molecule has 0 aliphatic heterocycles. The first-order valence-corrected chi connectivity index (χ1v) is 6.44. The average molecular weight is 352 g/mol. The summed E-state index contributed by atoms with van der Waals surface area (Å²) in [5, 5.41) is 0. The molecule has 0 saturated heterocycles. The van der Waals surface area contributed by atoms with Crippen molar-refractivity contribution in [1.82, 2.24) is 0 Å². The Morgan fingerprint density at radius 1 is 0.895 bits per heavy atom. The molecule has 1 aliphatic rings. The third-order valence-electron chi connectivity index (χ3n) is 3.81. The zero-order valence-electron chi connectivity index (χ0n) is 11.5. The molecule has 0 spiro atoms. The van der Waals surface area contributed by atoms with Crippen LogP contribution >= 0.6 is 0 Å². The van der Waals surface area contributed by atoms with Crippen molar-refractivity contribution >= 4 is 5.57 Å². The maximum atomic E-state index is 2.32. The van der Waals surface area contributed by atoms with Crippen LogP contribution in [0.3, 0.4) is 0 Å². The largest absolute Gasteiger partial charge is 1.00 e. The molecule has 0 radical (unpaired) electrons. The van der Waals surface area contributed by atoms with Crippen molar-refractivity contribution in [2.24, 2.45) is 5.41 Å². The van der Waals surface area contributed by atoms with Gasteiger partial charge in [0.1, 0.15) is 0 Å². The standard InChI is InChI=1S/C15H17.3ClH.Ti/c1-11-12(2)15(3,4)10-14(11)13-8-6-5-7-9-13;;;;/h5-9H,1-4H3;3*1H;/q;;;;+3/p-3. The Hall–Kier alpha value is 0.284. The second kappa shape index (κ2) is 7.91. The summed E-state index contributed by atoms with van der Waals surface area (Å²) >= 11 is 2.27. The van der Waals surface area contributed by atoms with E-state index in [9.17, 15) is 0 Å². The van der Waals surface area contributed by atoms with Crippen molar-refractivity contribution in [2.75, 3.05) is 0 Å². The molecule has 0 amide bonds. The average Bonchev–Trinajstić information content (AvgIpc) is 2.42. The first-order chi connectivity index (χ1) is 7.46. The van der Waals surface area contributed by atoms with Gasteiger partial charge in [-0.2, -0.15) is 0 Å². The summed E-state index contributed by atoms with van der Waals surface area (Å²) < 4.78 is 1.49. The molecule has 0 saturated carbocycles. The van der Waals surface area contributed by atoms with Crippen LogP contribution < -0.4 is 37.2 Å². The van der Waals surface area contributed by atoms with Gasteiger partial charge in [0.2, 0.25) is 0 Å². The van der Waals surface area contributed by atoms with Gasteiger partial charge in [0.25, 0.3) is 0 Å². The fourth-order valence-electron chi connectivity index (χ4n) is 2.31. The summed E-state index contributed by atoms with van der Waals surface area (Å²) in [5.41, 5.74) is 5.97. The summed E-state index contributed by atoms with van der Waals surface area (Å²) in [6.07, 6.45) is 0. The molecule has 1 aromatic carbocycles. The zero-order valence-corrected chi connectivity index (χ0v) is 15.3. The predicted octanol–water partition coefficient (Wildman–Crippen LogP) is -4.67. The molecule has 102 valence electrons. The molecular weight excluding hydrogens is 334 g/mol. The minimum Gasteiger partial charge on any atom is -1.00 e. The number of hydrogen-bond donors (Lipinski definition) is 0. The molecule has 4 heteroatoms. The van der Waals surface area contributed by atoms with Crippen LogP contribution in [0.5, 0.6) is 0 Å². The van der Waals surface area contributed by atoms with Crippen LogP contribution in [-0.4, -0.2) is 0 Å². The monoisotopic (exact) mass is 350 g/mol. The van der Waals surface area contributed by atoms with Crippen molar-refractivity contribution in [2.45, 2.75) is 27.7 Å². The fourth-order valence-corrected chi connectivity index (χ4v) is 3.12. The Labute approximate surface area is 146 Å². The normalized spacial score (nSPS) is 16.5.